The van der Waals surface area contributed by atoms with Crippen LogP contribution in [0.25, 0.3) is 0 Å². The highest BCUT2D eigenvalue weighted by atomic mass is 16.5. The zero-order valence-corrected chi connectivity index (χ0v) is 7.58. The molecule has 0 aliphatic rings. The predicted octanol–water partition coefficient (Wildman–Crippen LogP) is -1.14. The van der Waals surface area contributed by atoms with Crippen LogP contribution in [0.4, 0.5) is 0 Å². The molecule has 0 radical (unpaired) electrons. The molecule has 0 amide bonds. The minimum absolute atomic E-state index is 0.0992. The molecule has 0 aliphatic heterocycles. The molecule has 0 bridgehead atoms. The van der Waals surface area contributed by atoms with Crippen LogP contribution >= 0.6 is 0 Å². The van der Waals surface area contributed by atoms with Gasteiger partial charge in [-0.1, -0.05) is 0 Å². The lowest BCUT2D eigenvalue weighted by molar-refractivity contribution is 0.0460. The molecule has 5 nitrogen and oxygen atoms in total. The van der Waals surface area contributed by atoms with Crippen LogP contribution < -0.4 is 5.73 Å². The minimum Gasteiger partial charge on any atom is -0.389 e. The molecule has 0 aromatic carbocycles. The zero-order valence-electron chi connectivity index (χ0n) is 7.58. The highest BCUT2D eigenvalue weighted by molar-refractivity contribution is 5.78. The van der Waals surface area contributed by atoms with E-state index in [1.807, 2.05) is 0 Å². The summed E-state index contributed by atoms with van der Waals surface area (Å²) in [6.45, 7) is 1.15. The smallest absolute Gasteiger partial charge is 0.105 e. The van der Waals surface area contributed by atoms with Gasteiger partial charge in [-0.3, -0.25) is 10.3 Å². The van der Waals surface area contributed by atoms with Crippen LogP contribution in [-0.4, -0.2) is 55.8 Å². The fraction of sp³-hybridized carbons (Fsp3) is 0.857. The lowest BCUT2D eigenvalue weighted by Crippen LogP contribution is -2.37. The molecule has 0 saturated heterocycles. The maximum absolute atomic E-state index is 9.25. The van der Waals surface area contributed by atoms with Crippen molar-refractivity contribution < 1.29 is 9.84 Å². The van der Waals surface area contributed by atoms with Gasteiger partial charge in [0.1, 0.15) is 5.84 Å². The Kier molecular flexibility index (Phi) is 5.61. The van der Waals surface area contributed by atoms with Crippen molar-refractivity contribution in [1.29, 1.82) is 5.41 Å². The molecule has 72 valence electrons. The number of likely N-dealkylation sites (N-methyl/N-ethyl adjacent to an activating group) is 1. The first-order valence-corrected chi connectivity index (χ1v) is 3.74. The summed E-state index contributed by atoms with van der Waals surface area (Å²) in [5.74, 6) is 0.0992. The Balaban J connectivity index is 3.53. The molecule has 1 atom stereocenters. The molecule has 0 aromatic heterocycles. The highest BCUT2D eigenvalue weighted by Crippen LogP contribution is 1.89. The molecule has 4 N–H and O–H groups in total. The highest BCUT2D eigenvalue weighted by Gasteiger charge is 2.07. The summed E-state index contributed by atoms with van der Waals surface area (Å²) < 4.78 is 4.75. The van der Waals surface area contributed by atoms with E-state index in [-0.39, 0.29) is 5.84 Å². The maximum Gasteiger partial charge on any atom is 0.105 e. The van der Waals surface area contributed by atoms with Gasteiger partial charge < -0.3 is 15.6 Å². The molecule has 0 saturated carbocycles. The predicted molar refractivity (Wildman–Crippen MR) is 47.3 cm³/mol. The van der Waals surface area contributed by atoms with Crippen molar-refractivity contribution >= 4 is 5.84 Å². The van der Waals surface area contributed by atoms with Gasteiger partial charge in [0.25, 0.3) is 0 Å². The van der Waals surface area contributed by atoms with Crippen LogP contribution in [0, 0.1) is 5.41 Å². The SMILES string of the molecule is COCC(O)CN(C)CC(=N)N. The molecular formula is C7H17N3O2. The molecule has 0 spiro atoms. The summed E-state index contributed by atoms with van der Waals surface area (Å²) in [4.78, 5) is 1.77. The molecule has 0 fully saturated rings. The molecule has 0 heterocycles. The number of amidine groups is 1. The van der Waals surface area contributed by atoms with Crippen LogP contribution in [0.15, 0.2) is 0 Å². The van der Waals surface area contributed by atoms with Crippen molar-refractivity contribution in [2.75, 3.05) is 33.9 Å². The van der Waals surface area contributed by atoms with Gasteiger partial charge in [-0.05, 0) is 7.05 Å². The third kappa shape index (κ3) is 6.09. The van der Waals surface area contributed by atoms with Crippen molar-refractivity contribution in [2.24, 2.45) is 5.73 Å². The monoisotopic (exact) mass is 175 g/mol. The summed E-state index contributed by atoms with van der Waals surface area (Å²) >= 11 is 0. The number of nitrogens with zero attached hydrogens (tertiary/aromatic N) is 1. The first kappa shape index (κ1) is 11.4. The maximum atomic E-state index is 9.25. The third-order valence-corrected chi connectivity index (χ3v) is 1.32. The van der Waals surface area contributed by atoms with Gasteiger partial charge in [0.2, 0.25) is 0 Å². The molecule has 5 heteroatoms. The van der Waals surface area contributed by atoms with Gasteiger partial charge in [0.05, 0.1) is 19.3 Å². The van der Waals surface area contributed by atoms with Crippen molar-refractivity contribution in [2.45, 2.75) is 6.10 Å². The number of hydrogen-bond acceptors (Lipinski definition) is 4. The Labute approximate surface area is 72.6 Å². The Hall–Kier alpha value is -0.650. The molecule has 0 rings (SSSR count). The number of hydrogen-bond donors (Lipinski definition) is 3. The summed E-state index contributed by atoms with van der Waals surface area (Å²) in [5.41, 5.74) is 5.17. The van der Waals surface area contributed by atoms with Crippen LogP contribution in [0.5, 0.6) is 0 Å². The van der Waals surface area contributed by atoms with E-state index in [1.54, 1.807) is 11.9 Å². The number of aliphatic hydroxyl groups excluding tert-OH is 1. The Bertz CT molecular complexity index is 141. The lowest BCUT2D eigenvalue weighted by Gasteiger charge is -2.18. The third-order valence-electron chi connectivity index (χ3n) is 1.32. The summed E-state index contributed by atoms with van der Waals surface area (Å²) in [5, 5.41) is 16.2. The second-order valence-electron chi connectivity index (χ2n) is 2.83. The van der Waals surface area contributed by atoms with Crippen LogP contribution in [0.3, 0.4) is 0 Å². The lowest BCUT2D eigenvalue weighted by atomic mass is 10.3. The standard InChI is InChI=1S/C7H17N3O2/c1-10(4-7(8)9)3-6(11)5-12-2/h6,11H,3-5H2,1-2H3,(H3,8,9). The number of nitrogens with two attached hydrogens (primary N) is 1. The van der Waals surface area contributed by atoms with E-state index < -0.39 is 6.10 Å². The number of aliphatic hydroxyl groups is 1. The average Bonchev–Trinajstić information content (AvgIpc) is 1.84. The normalized spacial score (nSPS) is 13.3. The van der Waals surface area contributed by atoms with Gasteiger partial charge in [0, 0.05) is 13.7 Å². The number of rotatable bonds is 6. The van der Waals surface area contributed by atoms with E-state index in [0.717, 1.165) is 0 Å². The fourth-order valence-electron chi connectivity index (χ4n) is 0.960. The number of methoxy groups -OCH3 is 1. The van der Waals surface area contributed by atoms with E-state index in [9.17, 15) is 5.11 Å². The van der Waals surface area contributed by atoms with E-state index in [0.29, 0.717) is 19.7 Å². The van der Waals surface area contributed by atoms with E-state index in [1.165, 1.54) is 7.11 Å². The van der Waals surface area contributed by atoms with E-state index in [4.69, 9.17) is 15.9 Å². The van der Waals surface area contributed by atoms with Crippen LogP contribution in [-0.2, 0) is 4.74 Å². The fourth-order valence-corrected chi connectivity index (χ4v) is 0.960. The Morgan fingerprint density at radius 2 is 2.33 bits per heavy atom. The second kappa shape index (κ2) is 5.93. The summed E-state index contributed by atoms with van der Waals surface area (Å²) in [6.07, 6.45) is -0.514. The molecule has 1 unspecified atom stereocenters. The first-order chi connectivity index (χ1) is 5.56. The van der Waals surface area contributed by atoms with Gasteiger partial charge >= 0.3 is 0 Å². The quantitative estimate of drug-likeness (QED) is 0.352. The Morgan fingerprint density at radius 1 is 1.75 bits per heavy atom. The van der Waals surface area contributed by atoms with Crippen LogP contribution in [0.2, 0.25) is 0 Å². The van der Waals surface area contributed by atoms with Crippen molar-refractivity contribution in [3.05, 3.63) is 0 Å². The molecule has 12 heavy (non-hydrogen) atoms. The number of nitrogens with one attached hydrogen (secondary N) is 1. The zero-order chi connectivity index (χ0) is 9.56. The van der Waals surface area contributed by atoms with Gasteiger partial charge in [-0.15, -0.1) is 0 Å². The van der Waals surface area contributed by atoms with Gasteiger partial charge in [-0.2, -0.15) is 0 Å². The van der Waals surface area contributed by atoms with Crippen molar-refractivity contribution in [1.82, 2.24) is 4.90 Å². The van der Waals surface area contributed by atoms with Crippen LogP contribution in [0.1, 0.15) is 0 Å². The molecular weight excluding hydrogens is 158 g/mol. The van der Waals surface area contributed by atoms with Crippen molar-refractivity contribution in [3.63, 3.8) is 0 Å². The summed E-state index contributed by atoms with van der Waals surface area (Å²) in [6, 6.07) is 0. The molecule has 0 aromatic rings. The largest absolute Gasteiger partial charge is 0.389 e. The Morgan fingerprint density at radius 3 is 2.75 bits per heavy atom. The minimum atomic E-state index is -0.514. The topological polar surface area (TPSA) is 82.6 Å². The van der Waals surface area contributed by atoms with Crippen molar-refractivity contribution in [3.8, 4) is 0 Å². The molecule has 0 aliphatic carbocycles. The average molecular weight is 175 g/mol. The van der Waals surface area contributed by atoms with E-state index in [2.05, 4.69) is 0 Å². The van der Waals surface area contributed by atoms with Gasteiger partial charge in [0.15, 0.2) is 0 Å². The second-order valence-corrected chi connectivity index (χ2v) is 2.83. The van der Waals surface area contributed by atoms with Gasteiger partial charge in [-0.25, -0.2) is 0 Å². The first-order valence-electron chi connectivity index (χ1n) is 3.74. The summed E-state index contributed by atoms with van der Waals surface area (Å²) in [7, 11) is 3.33. The number of ether oxygens (including phenoxy) is 1. The van der Waals surface area contributed by atoms with E-state index >= 15 is 0 Å².